The van der Waals surface area contributed by atoms with Crippen LogP contribution in [0.5, 0.6) is 11.5 Å². The molecule has 7 nitrogen and oxygen atoms in total. The number of ether oxygens (including phenoxy) is 3. The standard InChI is InChI=1S/C19H17ClFNO6/c1-11(19(25)22-15-5-4-13(20)8-14(15)21)28-18(24)10-27-16-6-3-12(9-23)7-17(16)26-2/h3-9,11H,10H2,1-2H3,(H,22,25)/t11-/m1/s1. The topological polar surface area (TPSA) is 90.9 Å². The van der Waals surface area contributed by atoms with Crippen molar-refractivity contribution in [3.8, 4) is 11.5 Å². The monoisotopic (exact) mass is 409 g/mol. The molecule has 28 heavy (non-hydrogen) atoms. The Hall–Kier alpha value is -3.13. The fourth-order valence-corrected chi connectivity index (χ4v) is 2.28. The van der Waals surface area contributed by atoms with Crippen molar-refractivity contribution in [2.75, 3.05) is 19.0 Å². The van der Waals surface area contributed by atoms with Crippen LogP contribution in [0.15, 0.2) is 36.4 Å². The van der Waals surface area contributed by atoms with Gasteiger partial charge in [0.05, 0.1) is 12.8 Å². The number of hydrogen-bond donors (Lipinski definition) is 1. The summed E-state index contributed by atoms with van der Waals surface area (Å²) >= 11 is 5.65. The van der Waals surface area contributed by atoms with Crippen molar-refractivity contribution in [3.05, 3.63) is 52.8 Å². The molecule has 0 unspecified atom stereocenters. The maximum absolute atomic E-state index is 13.7. The minimum absolute atomic E-state index is 0.0893. The maximum Gasteiger partial charge on any atom is 0.344 e. The van der Waals surface area contributed by atoms with Gasteiger partial charge in [0.25, 0.3) is 5.91 Å². The minimum atomic E-state index is -1.19. The molecule has 148 valence electrons. The molecule has 0 bridgehead atoms. The number of anilines is 1. The number of rotatable bonds is 8. The lowest BCUT2D eigenvalue weighted by Crippen LogP contribution is -2.32. The maximum atomic E-state index is 13.7. The van der Waals surface area contributed by atoms with Gasteiger partial charge in [-0.1, -0.05) is 11.6 Å². The van der Waals surface area contributed by atoms with Gasteiger partial charge in [-0.3, -0.25) is 9.59 Å². The number of aldehydes is 1. The first-order valence-corrected chi connectivity index (χ1v) is 8.43. The lowest BCUT2D eigenvalue weighted by Gasteiger charge is -2.15. The van der Waals surface area contributed by atoms with E-state index < -0.39 is 30.4 Å². The zero-order chi connectivity index (χ0) is 20.7. The summed E-state index contributed by atoms with van der Waals surface area (Å²) in [4.78, 5) is 34.7. The molecule has 0 aliphatic heterocycles. The highest BCUT2D eigenvalue weighted by atomic mass is 35.5. The van der Waals surface area contributed by atoms with E-state index in [2.05, 4.69) is 5.32 Å². The number of benzene rings is 2. The van der Waals surface area contributed by atoms with Crippen LogP contribution in [0.4, 0.5) is 10.1 Å². The Labute approximate surface area is 165 Å². The summed E-state index contributed by atoms with van der Waals surface area (Å²) in [5, 5.41) is 2.49. The predicted molar refractivity (Wildman–Crippen MR) is 99.5 cm³/mol. The van der Waals surface area contributed by atoms with Crippen molar-refractivity contribution in [3.63, 3.8) is 0 Å². The molecule has 0 aliphatic rings. The molecule has 2 rings (SSSR count). The first kappa shape index (κ1) is 21.2. The van der Waals surface area contributed by atoms with E-state index in [-0.39, 0.29) is 22.2 Å². The van der Waals surface area contributed by atoms with Gasteiger partial charge in [0.1, 0.15) is 12.1 Å². The summed E-state index contributed by atoms with van der Waals surface area (Å²) in [6.45, 7) is 0.838. The molecular weight excluding hydrogens is 393 g/mol. The second kappa shape index (κ2) is 9.70. The molecule has 0 saturated heterocycles. The van der Waals surface area contributed by atoms with Gasteiger partial charge in [-0.2, -0.15) is 0 Å². The van der Waals surface area contributed by atoms with Crippen LogP contribution in [0.3, 0.4) is 0 Å². The van der Waals surface area contributed by atoms with E-state index in [1.807, 2.05) is 0 Å². The summed E-state index contributed by atoms with van der Waals surface area (Å²) < 4.78 is 29.1. The number of methoxy groups -OCH3 is 1. The first-order valence-electron chi connectivity index (χ1n) is 8.05. The summed E-state index contributed by atoms with van der Waals surface area (Å²) in [6.07, 6.45) is -0.546. The quantitative estimate of drug-likeness (QED) is 0.531. The van der Waals surface area contributed by atoms with E-state index in [0.717, 1.165) is 6.07 Å². The molecular formula is C19H17ClFNO6. The van der Waals surface area contributed by atoms with Crippen molar-refractivity contribution in [1.29, 1.82) is 0 Å². The molecule has 0 aromatic heterocycles. The van der Waals surface area contributed by atoms with Gasteiger partial charge in [-0.15, -0.1) is 0 Å². The third kappa shape index (κ3) is 5.68. The lowest BCUT2D eigenvalue weighted by molar-refractivity contribution is -0.155. The molecule has 2 aromatic carbocycles. The minimum Gasteiger partial charge on any atom is -0.493 e. The number of hydrogen-bond acceptors (Lipinski definition) is 6. The normalized spacial score (nSPS) is 11.3. The van der Waals surface area contributed by atoms with Crippen LogP contribution >= 0.6 is 11.6 Å². The smallest absolute Gasteiger partial charge is 0.344 e. The highest BCUT2D eigenvalue weighted by Crippen LogP contribution is 2.27. The number of carbonyl (C=O) groups is 3. The van der Waals surface area contributed by atoms with Crippen LogP contribution in [0.1, 0.15) is 17.3 Å². The fraction of sp³-hybridized carbons (Fsp3) is 0.211. The Morgan fingerprint density at radius 1 is 1.21 bits per heavy atom. The average molecular weight is 410 g/mol. The highest BCUT2D eigenvalue weighted by Gasteiger charge is 2.20. The Bertz CT molecular complexity index is 889. The zero-order valence-electron chi connectivity index (χ0n) is 15.0. The molecule has 1 atom stereocenters. The molecule has 0 heterocycles. The van der Waals surface area contributed by atoms with Gasteiger partial charge in [0.2, 0.25) is 0 Å². The number of carbonyl (C=O) groups excluding carboxylic acids is 3. The van der Waals surface area contributed by atoms with E-state index in [1.54, 1.807) is 0 Å². The van der Waals surface area contributed by atoms with Crippen molar-refractivity contribution < 1.29 is 33.0 Å². The molecule has 0 aliphatic carbocycles. The second-order valence-electron chi connectivity index (χ2n) is 5.56. The van der Waals surface area contributed by atoms with Gasteiger partial charge < -0.3 is 19.5 Å². The fourth-order valence-electron chi connectivity index (χ4n) is 2.12. The Balaban J connectivity index is 1.90. The summed E-state index contributed by atoms with van der Waals surface area (Å²) in [6, 6.07) is 8.16. The molecule has 2 aromatic rings. The molecule has 0 spiro atoms. The van der Waals surface area contributed by atoms with Gasteiger partial charge in [0, 0.05) is 10.6 Å². The van der Waals surface area contributed by atoms with E-state index in [4.69, 9.17) is 25.8 Å². The van der Waals surface area contributed by atoms with Crippen molar-refractivity contribution >= 4 is 35.5 Å². The second-order valence-corrected chi connectivity index (χ2v) is 6.00. The van der Waals surface area contributed by atoms with Crippen molar-refractivity contribution in [2.24, 2.45) is 0 Å². The SMILES string of the molecule is COc1cc(C=O)ccc1OCC(=O)O[C@H](C)C(=O)Nc1ccc(Cl)cc1F. The third-order valence-corrected chi connectivity index (χ3v) is 3.77. The van der Waals surface area contributed by atoms with Gasteiger partial charge >= 0.3 is 5.97 Å². The average Bonchev–Trinajstić information content (AvgIpc) is 2.68. The van der Waals surface area contributed by atoms with Crippen LogP contribution < -0.4 is 14.8 Å². The molecule has 1 amide bonds. The highest BCUT2D eigenvalue weighted by molar-refractivity contribution is 6.30. The number of halogens is 2. The Morgan fingerprint density at radius 2 is 1.96 bits per heavy atom. The largest absolute Gasteiger partial charge is 0.493 e. The molecule has 1 N–H and O–H groups in total. The third-order valence-electron chi connectivity index (χ3n) is 3.54. The lowest BCUT2D eigenvalue weighted by atomic mass is 10.2. The molecule has 0 fully saturated rings. The van der Waals surface area contributed by atoms with Crippen molar-refractivity contribution in [2.45, 2.75) is 13.0 Å². The van der Waals surface area contributed by atoms with E-state index in [0.29, 0.717) is 11.8 Å². The number of nitrogens with one attached hydrogen (secondary N) is 1. The molecule has 9 heteroatoms. The van der Waals surface area contributed by atoms with E-state index >= 15 is 0 Å². The first-order chi connectivity index (χ1) is 13.3. The van der Waals surface area contributed by atoms with Gasteiger partial charge in [-0.25, -0.2) is 9.18 Å². The van der Waals surface area contributed by atoms with E-state index in [1.165, 1.54) is 44.4 Å². The van der Waals surface area contributed by atoms with Crippen LogP contribution in [0.2, 0.25) is 5.02 Å². The predicted octanol–water partition coefficient (Wildman–Crippen LogP) is 3.25. The Kier molecular flexibility index (Phi) is 7.34. The summed E-state index contributed by atoms with van der Waals surface area (Å²) in [7, 11) is 1.39. The van der Waals surface area contributed by atoms with Crippen LogP contribution in [-0.4, -0.2) is 38.0 Å². The molecule has 0 saturated carbocycles. The van der Waals surface area contributed by atoms with Crippen LogP contribution in [-0.2, 0) is 14.3 Å². The number of esters is 1. The number of amides is 1. The van der Waals surface area contributed by atoms with E-state index in [9.17, 15) is 18.8 Å². The van der Waals surface area contributed by atoms with Crippen LogP contribution in [0, 0.1) is 5.82 Å². The summed E-state index contributed by atoms with van der Waals surface area (Å²) in [5.74, 6) is -1.76. The van der Waals surface area contributed by atoms with Gasteiger partial charge in [0.15, 0.2) is 24.2 Å². The Morgan fingerprint density at radius 3 is 2.61 bits per heavy atom. The summed E-state index contributed by atoms with van der Waals surface area (Å²) in [5.41, 5.74) is 0.292. The van der Waals surface area contributed by atoms with Crippen molar-refractivity contribution in [1.82, 2.24) is 0 Å². The van der Waals surface area contributed by atoms with Gasteiger partial charge in [-0.05, 0) is 43.3 Å². The zero-order valence-corrected chi connectivity index (χ0v) is 15.8. The molecule has 0 radical (unpaired) electrons. The van der Waals surface area contributed by atoms with Crippen LogP contribution in [0.25, 0.3) is 0 Å².